The summed E-state index contributed by atoms with van der Waals surface area (Å²) < 4.78 is 5.21. The maximum absolute atomic E-state index is 9.59. The minimum Gasteiger partial charge on any atom is -0.496 e. The molecule has 2 aromatic rings. The summed E-state index contributed by atoms with van der Waals surface area (Å²) in [5.74, 6) is 1.33. The van der Waals surface area contributed by atoms with Gasteiger partial charge in [-0.15, -0.1) is 0 Å². The van der Waals surface area contributed by atoms with Crippen LogP contribution in [0.5, 0.6) is 5.75 Å². The summed E-state index contributed by atoms with van der Waals surface area (Å²) in [5, 5.41) is 9.59. The van der Waals surface area contributed by atoms with Crippen LogP contribution in [0.1, 0.15) is 17.5 Å². The molecule has 4 N–H and O–H groups in total. The highest BCUT2D eigenvalue weighted by atomic mass is 16.5. The molecule has 0 radical (unpaired) electrons. The first-order valence-electron chi connectivity index (χ1n) is 5.73. The predicted molar refractivity (Wildman–Crippen MR) is 69.3 cm³/mol. The number of methoxy groups -OCH3 is 1. The molecule has 1 atom stereocenters. The fourth-order valence-electron chi connectivity index (χ4n) is 1.81. The number of rotatable bonds is 4. The highest BCUT2D eigenvalue weighted by Gasteiger charge is 2.11. The third-order valence-corrected chi connectivity index (χ3v) is 2.84. The van der Waals surface area contributed by atoms with Crippen LogP contribution in [-0.4, -0.2) is 28.7 Å². The lowest BCUT2D eigenvalue weighted by atomic mass is 10.1. The van der Waals surface area contributed by atoms with Gasteiger partial charge in [-0.2, -0.15) is 0 Å². The fraction of sp³-hybridized carbons (Fsp3) is 0.308. The molecule has 0 fully saturated rings. The molecule has 0 bridgehead atoms. The van der Waals surface area contributed by atoms with Crippen LogP contribution in [0, 0.1) is 6.92 Å². The molecule has 0 saturated heterocycles. The van der Waals surface area contributed by atoms with Gasteiger partial charge in [-0.3, -0.25) is 0 Å². The molecule has 5 nitrogen and oxygen atoms in total. The molecule has 0 aliphatic heterocycles. The van der Waals surface area contributed by atoms with E-state index in [0.29, 0.717) is 5.82 Å². The van der Waals surface area contributed by atoms with E-state index in [9.17, 15) is 5.11 Å². The molecule has 1 aromatic carbocycles. The third-order valence-electron chi connectivity index (χ3n) is 2.84. The van der Waals surface area contributed by atoms with Crippen molar-refractivity contribution in [3.05, 3.63) is 35.8 Å². The van der Waals surface area contributed by atoms with E-state index in [-0.39, 0.29) is 6.54 Å². The summed E-state index contributed by atoms with van der Waals surface area (Å²) in [6, 6.07) is 5.85. The van der Waals surface area contributed by atoms with Crippen LogP contribution in [-0.2, 0) is 0 Å². The smallest absolute Gasteiger partial charge is 0.136 e. The summed E-state index contributed by atoms with van der Waals surface area (Å²) in [7, 11) is 1.65. The quantitative estimate of drug-likeness (QED) is 0.762. The number of aliphatic hydroxyl groups is 1. The Hall–Kier alpha value is -1.85. The fourth-order valence-corrected chi connectivity index (χ4v) is 1.81. The van der Waals surface area contributed by atoms with Crippen molar-refractivity contribution >= 4 is 0 Å². The number of nitrogens with one attached hydrogen (secondary N) is 1. The number of imidazole rings is 1. The Balaban J connectivity index is 2.31. The van der Waals surface area contributed by atoms with Gasteiger partial charge in [0.1, 0.15) is 17.7 Å². The lowest BCUT2D eigenvalue weighted by Crippen LogP contribution is -2.12. The van der Waals surface area contributed by atoms with Gasteiger partial charge in [0, 0.05) is 12.1 Å². The van der Waals surface area contributed by atoms with Crippen LogP contribution >= 0.6 is 0 Å². The first-order chi connectivity index (χ1) is 8.65. The van der Waals surface area contributed by atoms with Crippen LogP contribution in [0.15, 0.2) is 24.4 Å². The van der Waals surface area contributed by atoms with Crippen LogP contribution in [0.2, 0.25) is 0 Å². The number of aliphatic hydroxyl groups excluding tert-OH is 1. The zero-order chi connectivity index (χ0) is 13.1. The Labute approximate surface area is 106 Å². The van der Waals surface area contributed by atoms with E-state index in [2.05, 4.69) is 9.97 Å². The largest absolute Gasteiger partial charge is 0.496 e. The molecule has 0 aliphatic rings. The van der Waals surface area contributed by atoms with Gasteiger partial charge in [-0.25, -0.2) is 4.98 Å². The lowest BCUT2D eigenvalue weighted by molar-refractivity contribution is 0.177. The van der Waals surface area contributed by atoms with E-state index in [4.69, 9.17) is 10.5 Å². The van der Waals surface area contributed by atoms with E-state index >= 15 is 0 Å². The predicted octanol–water partition coefficient (Wildman–Crippen LogP) is 1.39. The number of nitrogens with two attached hydrogens (primary N) is 1. The van der Waals surface area contributed by atoms with Crippen molar-refractivity contribution in [2.45, 2.75) is 13.0 Å². The number of hydrogen-bond acceptors (Lipinski definition) is 4. The van der Waals surface area contributed by atoms with Gasteiger partial charge < -0.3 is 20.6 Å². The van der Waals surface area contributed by atoms with Gasteiger partial charge in [-0.05, 0) is 30.7 Å². The number of aryl methyl sites for hydroxylation is 1. The number of hydrogen-bond donors (Lipinski definition) is 3. The van der Waals surface area contributed by atoms with Crippen molar-refractivity contribution in [3.8, 4) is 17.0 Å². The van der Waals surface area contributed by atoms with Crippen molar-refractivity contribution in [1.29, 1.82) is 0 Å². The van der Waals surface area contributed by atoms with E-state index in [1.807, 2.05) is 25.1 Å². The molecular weight excluding hydrogens is 230 g/mol. The lowest BCUT2D eigenvalue weighted by Gasteiger charge is -2.06. The van der Waals surface area contributed by atoms with Crippen molar-refractivity contribution in [2.75, 3.05) is 13.7 Å². The summed E-state index contributed by atoms with van der Waals surface area (Å²) in [4.78, 5) is 7.18. The Morgan fingerprint density at radius 3 is 2.89 bits per heavy atom. The van der Waals surface area contributed by atoms with E-state index < -0.39 is 6.10 Å². The Morgan fingerprint density at radius 1 is 1.50 bits per heavy atom. The highest BCUT2D eigenvalue weighted by Crippen LogP contribution is 2.25. The number of ether oxygens (including phenoxy) is 1. The molecule has 1 heterocycles. The SMILES string of the molecule is COc1ccc(-c2cnc(C(O)CN)[nH]2)cc1C. The molecule has 0 saturated carbocycles. The molecule has 1 unspecified atom stereocenters. The second-order valence-electron chi connectivity index (χ2n) is 4.12. The molecular formula is C13H17N3O2. The zero-order valence-corrected chi connectivity index (χ0v) is 10.5. The van der Waals surface area contributed by atoms with Gasteiger partial charge in [0.05, 0.1) is 19.0 Å². The number of aromatic nitrogens is 2. The molecule has 0 amide bonds. The zero-order valence-electron chi connectivity index (χ0n) is 10.5. The van der Waals surface area contributed by atoms with E-state index in [0.717, 1.165) is 22.6 Å². The van der Waals surface area contributed by atoms with Gasteiger partial charge >= 0.3 is 0 Å². The topological polar surface area (TPSA) is 84.2 Å². The molecule has 96 valence electrons. The van der Waals surface area contributed by atoms with Crippen molar-refractivity contribution in [3.63, 3.8) is 0 Å². The normalized spacial score (nSPS) is 12.4. The highest BCUT2D eigenvalue weighted by molar-refractivity contribution is 5.61. The average Bonchev–Trinajstić information content (AvgIpc) is 2.87. The van der Waals surface area contributed by atoms with Gasteiger partial charge in [0.15, 0.2) is 0 Å². The average molecular weight is 247 g/mol. The first-order valence-corrected chi connectivity index (χ1v) is 5.73. The standard InChI is InChI=1S/C13H17N3O2/c1-8-5-9(3-4-12(8)18-2)10-7-15-13(16-10)11(17)6-14/h3-5,7,11,17H,6,14H2,1-2H3,(H,15,16). The Kier molecular flexibility index (Phi) is 3.64. The van der Waals surface area contributed by atoms with E-state index in [1.165, 1.54) is 0 Å². The number of nitrogens with zero attached hydrogens (tertiary/aromatic N) is 1. The minimum atomic E-state index is -0.752. The van der Waals surface area contributed by atoms with Crippen LogP contribution in [0.4, 0.5) is 0 Å². The summed E-state index contributed by atoms with van der Waals surface area (Å²) in [6.07, 6.45) is 0.938. The molecule has 18 heavy (non-hydrogen) atoms. The number of H-pyrrole nitrogens is 1. The van der Waals surface area contributed by atoms with Crippen LogP contribution in [0.3, 0.4) is 0 Å². The number of aromatic amines is 1. The Morgan fingerprint density at radius 2 is 2.28 bits per heavy atom. The first kappa shape index (κ1) is 12.6. The van der Waals surface area contributed by atoms with Crippen LogP contribution in [0.25, 0.3) is 11.3 Å². The second-order valence-corrected chi connectivity index (χ2v) is 4.12. The summed E-state index contributed by atoms with van der Waals surface area (Å²) in [5.41, 5.74) is 8.28. The van der Waals surface area contributed by atoms with Crippen molar-refractivity contribution in [1.82, 2.24) is 9.97 Å². The van der Waals surface area contributed by atoms with Gasteiger partial charge in [0.25, 0.3) is 0 Å². The molecule has 2 rings (SSSR count). The molecule has 1 aromatic heterocycles. The molecule has 0 aliphatic carbocycles. The summed E-state index contributed by atoms with van der Waals surface area (Å²) in [6.45, 7) is 2.13. The van der Waals surface area contributed by atoms with Crippen molar-refractivity contribution < 1.29 is 9.84 Å². The second kappa shape index (κ2) is 5.20. The van der Waals surface area contributed by atoms with E-state index in [1.54, 1.807) is 13.3 Å². The van der Waals surface area contributed by atoms with Crippen molar-refractivity contribution in [2.24, 2.45) is 5.73 Å². The molecule has 5 heteroatoms. The number of benzene rings is 1. The van der Waals surface area contributed by atoms with Gasteiger partial charge in [-0.1, -0.05) is 0 Å². The third kappa shape index (κ3) is 2.37. The maximum Gasteiger partial charge on any atom is 0.136 e. The maximum atomic E-state index is 9.59. The monoisotopic (exact) mass is 247 g/mol. The minimum absolute atomic E-state index is 0.147. The molecule has 0 spiro atoms. The Bertz CT molecular complexity index is 537. The van der Waals surface area contributed by atoms with Crippen LogP contribution < -0.4 is 10.5 Å². The van der Waals surface area contributed by atoms with Gasteiger partial charge in [0.2, 0.25) is 0 Å². The summed E-state index contributed by atoms with van der Waals surface area (Å²) >= 11 is 0.